The van der Waals surface area contributed by atoms with Gasteiger partial charge in [-0.15, -0.1) is 11.6 Å². The fraction of sp³-hybridized carbons (Fsp3) is 0.923. The minimum absolute atomic E-state index is 0.0739. The van der Waals surface area contributed by atoms with Crippen LogP contribution in [0.5, 0.6) is 0 Å². The number of hydrogen-bond donors (Lipinski definition) is 2. The summed E-state index contributed by atoms with van der Waals surface area (Å²) in [6.07, 6.45) is 2.24. The van der Waals surface area contributed by atoms with E-state index in [4.69, 9.17) is 11.6 Å². The Labute approximate surface area is 228 Å². The van der Waals surface area contributed by atoms with E-state index in [9.17, 15) is 22.8 Å². The van der Waals surface area contributed by atoms with Crippen LogP contribution in [-0.2, 0) is 9.59 Å². The molecule has 216 valence electrons. The lowest BCUT2D eigenvalue weighted by Crippen LogP contribution is -2.70. The Morgan fingerprint density at radius 1 is 1.03 bits per heavy atom. The summed E-state index contributed by atoms with van der Waals surface area (Å²) in [6.45, 7) is 4.05. The molecular formula is C26H42ClF3N6O2. The van der Waals surface area contributed by atoms with Crippen molar-refractivity contribution in [1.29, 1.82) is 0 Å². The number of carbonyl (C=O) groups excluding carboxylic acids is 2. The molecule has 12 heteroatoms. The van der Waals surface area contributed by atoms with Crippen molar-refractivity contribution in [3.63, 3.8) is 0 Å². The van der Waals surface area contributed by atoms with E-state index in [-0.39, 0.29) is 30.2 Å². The number of piperidine rings is 2. The first-order valence-corrected chi connectivity index (χ1v) is 14.7. The summed E-state index contributed by atoms with van der Waals surface area (Å²) in [7, 11) is 1.31. The van der Waals surface area contributed by atoms with Gasteiger partial charge in [-0.25, -0.2) is 10.4 Å². The molecule has 5 aliphatic rings. The standard InChI is InChI=1S/C26H42ClF3N6O2/c1-16(37)34-11-3-5-18(15-34)25(38)33(2)24(26(28,29)30)17-7-9-19(10-8-17)35-12-4-6-20-21(35)14-31-23-13-22(27)32-36(20)23/h17-24,31-32H,3-15H2,1-2H3/t17?,18-,19?,20?,21?,22?,23?,24+/m1/s1. The molecule has 5 rings (SSSR count). The predicted octanol–water partition coefficient (Wildman–Crippen LogP) is 2.73. The first-order valence-electron chi connectivity index (χ1n) is 14.3. The maximum atomic E-state index is 14.4. The van der Waals surface area contributed by atoms with Crippen molar-refractivity contribution in [3.05, 3.63) is 0 Å². The number of hydrazine groups is 1. The van der Waals surface area contributed by atoms with Crippen molar-refractivity contribution in [2.45, 2.75) is 107 Å². The van der Waals surface area contributed by atoms with E-state index in [2.05, 4.69) is 20.7 Å². The smallest absolute Gasteiger partial charge is 0.342 e. The molecule has 4 heterocycles. The van der Waals surface area contributed by atoms with Crippen molar-refractivity contribution in [1.82, 2.24) is 30.5 Å². The van der Waals surface area contributed by atoms with Gasteiger partial charge in [0.25, 0.3) is 0 Å². The van der Waals surface area contributed by atoms with Crippen LogP contribution in [0.15, 0.2) is 0 Å². The molecule has 0 spiro atoms. The van der Waals surface area contributed by atoms with Crippen molar-refractivity contribution in [2.24, 2.45) is 11.8 Å². The molecule has 4 unspecified atom stereocenters. The monoisotopic (exact) mass is 562 g/mol. The zero-order chi connectivity index (χ0) is 27.2. The SMILES string of the molecule is CC(=O)N1CCC[C@@H](C(=O)N(C)[C@@H](C2CCC(N3CCCC4C3CNC3CC(Cl)NN34)CC2)C(F)(F)F)C1. The van der Waals surface area contributed by atoms with Crippen LogP contribution in [0.2, 0.25) is 0 Å². The normalized spacial score (nSPS) is 37.8. The van der Waals surface area contributed by atoms with E-state index < -0.39 is 30.0 Å². The number of carbonyl (C=O) groups is 2. The average Bonchev–Trinajstić information content (AvgIpc) is 3.28. The van der Waals surface area contributed by atoms with Gasteiger partial charge in [-0.3, -0.25) is 19.8 Å². The van der Waals surface area contributed by atoms with Crippen LogP contribution < -0.4 is 10.7 Å². The van der Waals surface area contributed by atoms with E-state index in [1.165, 1.54) is 14.0 Å². The third-order valence-electron chi connectivity index (χ3n) is 9.73. The minimum atomic E-state index is -4.49. The zero-order valence-corrected chi connectivity index (χ0v) is 23.2. The quantitative estimate of drug-likeness (QED) is 0.406. The first kappa shape index (κ1) is 28.4. The van der Waals surface area contributed by atoms with Crippen LogP contribution in [-0.4, -0.2) is 107 Å². The number of rotatable bonds is 4. The Hall–Kier alpha value is -1.14. The van der Waals surface area contributed by atoms with Crippen molar-refractivity contribution in [2.75, 3.05) is 33.2 Å². The Balaban J connectivity index is 1.22. The number of hydrogen-bond acceptors (Lipinski definition) is 6. The van der Waals surface area contributed by atoms with Gasteiger partial charge >= 0.3 is 6.18 Å². The summed E-state index contributed by atoms with van der Waals surface area (Å²) < 4.78 is 43.2. The van der Waals surface area contributed by atoms with Gasteiger partial charge in [0.1, 0.15) is 6.04 Å². The summed E-state index contributed by atoms with van der Waals surface area (Å²) in [4.78, 5) is 30.1. The van der Waals surface area contributed by atoms with Gasteiger partial charge in [-0.2, -0.15) is 13.2 Å². The zero-order valence-electron chi connectivity index (χ0n) is 22.4. The maximum absolute atomic E-state index is 14.4. The van der Waals surface area contributed by atoms with Gasteiger partial charge in [0.2, 0.25) is 11.8 Å². The molecule has 8 nitrogen and oxygen atoms in total. The second-order valence-corrected chi connectivity index (χ2v) is 12.5. The molecule has 0 bridgehead atoms. The second-order valence-electron chi connectivity index (χ2n) is 12.0. The number of likely N-dealkylation sites (tertiary alicyclic amines) is 2. The summed E-state index contributed by atoms with van der Waals surface area (Å²) in [6, 6.07) is -0.865. The van der Waals surface area contributed by atoms with Gasteiger partial charge in [-0.1, -0.05) is 0 Å². The van der Waals surface area contributed by atoms with Crippen LogP contribution in [0.1, 0.15) is 64.7 Å². The van der Waals surface area contributed by atoms with Gasteiger partial charge in [-0.05, 0) is 63.8 Å². The number of fused-ring (bicyclic) bond motifs is 3. The lowest BCUT2D eigenvalue weighted by molar-refractivity contribution is -0.203. The number of amides is 2. The molecule has 1 saturated carbocycles. The van der Waals surface area contributed by atoms with E-state index in [0.717, 1.165) is 37.3 Å². The third kappa shape index (κ3) is 5.68. The lowest BCUT2D eigenvalue weighted by Gasteiger charge is -2.53. The molecule has 6 atom stereocenters. The Kier molecular flexibility index (Phi) is 8.51. The van der Waals surface area contributed by atoms with E-state index in [1.54, 1.807) is 4.90 Å². The first-order chi connectivity index (χ1) is 18.0. The Morgan fingerprint density at radius 2 is 1.74 bits per heavy atom. The highest BCUT2D eigenvalue weighted by Crippen LogP contribution is 2.41. The molecule has 0 aromatic heterocycles. The highest BCUT2D eigenvalue weighted by atomic mass is 35.5. The molecule has 5 fully saturated rings. The van der Waals surface area contributed by atoms with Crippen molar-refractivity contribution in [3.8, 4) is 0 Å². The molecule has 0 radical (unpaired) electrons. The van der Waals surface area contributed by atoms with E-state index in [1.807, 2.05) is 0 Å². The third-order valence-corrected chi connectivity index (χ3v) is 10.0. The van der Waals surface area contributed by atoms with Crippen LogP contribution in [0.25, 0.3) is 0 Å². The molecule has 0 aromatic carbocycles. The van der Waals surface area contributed by atoms with Gasteiger partial charge < -0.3 is 9.80 Å². The maximum Gasteiger partial charge on any atom is 0.409 e. The number of nitrogens with one attached hydrogen (secondary N) is 2. The lowest BCUT2D eigenvalue weighted by atomic mass is 9.78. The minimum Gasteiger partial charge on any atom is -0.342 e. The van der Waals surface area contributed by atoms with Crippen LogP contribution >= 0.6 is 11.6 Å². The number of halogens is 4. The van der Waals surface area contributed by atoms with Gasteiger partial charge in [0, 0.05) is 58.2 Å². The predicted molar refractivity (Wildman–Crippen MR) is 138 cm³/mol. The molecule has 4 saturated heterocycles. The molecule has 1 aliphatic carbocycles. The highest BCUT2D eigenvalue weighted by Gasteiger charge is 2.52. The Bertz CT molecular complexity index is 872. The molecule has 0 aromatic rings. The van der Waals surface area contributed by atoms with Crippen molar-refractivity contribution < 1.29 is 22.8 Å². The Morgan fingerprint density at radius 3 is 2.42 bits per heavy atom. The van der Waals surface area contributed by atoms with Crippen LogP contribution in [0.3, 0.4) is 0 Å². The molecule has 38 heavy (non-hydrogen) atoms. The molecular weight excluding hydrogens is 521 g/mol. The van der Waals surface area contributed by atoms with E-state index >= 15 is 0 Å². The van der Waals surface area contributed by atoms with Crippen molar-refractivity contribution >= 4 is 23.4 Å². The molecule has 2 N–H and O–H groups in total. The summed E-state index contributed by atoms with van der Waals surface area (Å²) in [5, 5.41) is 5.90. The molecule has 2 amide bonds. The fourth-order valence-corrected chi connectivity index (χ4v) is 8.20. The van der Waals surface area contributed by atoms with Crippen LogP contribution in [0, 0.1) is 11.8 Å². The average molecular weight is 563 g/mol. The summed E-state index contributed by atoms with van der Waals surface area (Å²) in [5.74, 6) is -1.81. The van der Waals surface area contributed by atoms with E-state index in [0.29, 0.717) is 57.2 Å². The number of alkyl halides is 4. The fourth-order valence-electron chi connectivity index (χ4n) is 7.91. The summed E-state index contributed by atoms with van der Waals surface area (Å²) >= 11 is 6.36. The molecule has 4 aliphatic heterocycles. The topological polar surface area (TPSA) is 71.2 Å². The highest BCUT2D eigenvalue weighted by molar-refractivity contribution is 6.20. The summed E-state index contributed by atoms with van der Waals surface area (Å²) in [5.41, 5.74) is 3.33. The van der Waals surface area contributed by atoms with Gasteiger partial charge in [0.15, 0.2) is 0 Å². The number of nitrogens with zero attached hydrogens (tertiary/aromatic N) is 4. The van der Waals surface area contributed by atoms with Crippen LogP contribution in [0.4, 0.5) is 13.2 Å². The largest absolute Gasteiger partial charge is 0.409 e. The second kappa shape index (κ2) is 11.4. The van der Waals surface area contributed by atoms with Gasteiger partial charge in [0.05, 0.1) is 17.6 Å².